The highest BCUT2D eigenvalue weighted by molar-refractivity contribution is 7.93. The first kappa shape index (κ1) is 27.6. The van der Waals surface area contributed by atoms with Crippen LogP contribution in [0.3, 0.4) is 0 Å². The van der Waals surface area contributed by atoms with Crippen LogP contribution in [0.5, 0.6) is 0 Å². The summed E-state index contributed by atoms with van der Waals surface area (Å²) >= 11 is 7.17. The van der Waals surface area contributed by atoms with Crippen LogP contribution in [0.25, 0.3) is 0 Å². The van der Waals surface area contributed by atoms with E-state index in [9.17, 15) is 13.2 Å². The molecule has 2 aromatic rings. The van der Waals surface area contributed by atoms with Gasteiger partial charge in [-0.3, -0.25) is 14.4 Å². The number of carbonyl (C=O) groups is 3. The lowest BCUT2D eigenvalue weighted by Gasteiger charge is -2.38. The number of rotatable bonds is 7. The molecule has 0 spiro atoms. The number of carbonyl (C=O) groups excluding carboxylic acids is 1. The van der Waals surface area contributed by atoms with Crippen LogP contribution >= 0.6 is 22.9 Å². The summed E-state index contributed by atoms with van der Waals surface area (Å²) in [6.07, 6.45) is 1.04. The van der Waals surface area contributed by atoms with Gasteiger partial charge >= 0.3 is 11.9 Å². The van der Waals surface area contributed by atoms with E-state index in [0.717, 1.165) is 13.0 Å². The van der Waals surface area contributed by atoms with Crippen molar-refractivity contribution >= 4 is 56.5 Å². The minimum absolute atomic E-state index is 0.180. The molecule has 0 bridgehead atoms. The van der Waals surface area contributed by atoms with Crippen molar-refractivity contribution in [3.05, 3.63) is 51.7 Å². The number of nitrogens with one attached hydrogen (secondary N) is 2. The number of halogens is 1. The number of hydrogen-bond donors (Lipinski definition) is 4. The Morgan fingerprint density at radius 2 is 1.74 bits per heavy atom. The zero-order valence-electron chi connectivity index (χ0n) is 18.5. The number of sulfonamides is 1. The van der Waals surface area contributed by atoms with Crippen molar-refractivity contribution in [2.75, 3.05) is 23.0 Å². The van der Waals surface area contributed by atoms with Gasteiger partial charge in [-0.25, -0.2) is 18.0 Å². The Hall–Kier alpha value is -2.67. The molecule has 0 radical (unpaired) electrons. The predicted molar refractivity (Wildman–Crippen MR) is 130 cm³/mol. The lowest BCUT2D eigenvalue weighted by atomic mass is 9.97. The van der Waals surface area contributed by atoms with Crippen LogP contribution in [0.15, 0.2) is 35.7 Å². The summed E-state index contributed by atoms with van der Waals surface area (Å²) < 4.78 is 25.3. The number of fused-ring (bicyclic) bond motifs is 1. The molecule has 2 atom stereocenters. The average Bonchev–Trinajstić information content (AvgIpc) is 3.25. The highest BCUT2D eigenvalue weighted by Crippen LogP contribution is 2.35. The van der Waals surface area contributed by atoms with Gasteiger partial charge in [0.15, 0.2) is 0 Å². The van der Waals surface area contributed by atoms with Crippen LogP contribution < -0.4 is 10.0 Å². The maximum Gasteiger partial charge on any atom is 0.414 e. The van der Waals surface area contributed by atoms with Crippen molar-refractivity contribution in [3.8, 4) is 0 Å². The predicted octanol–water partition coefficient (Wildman–Crippen LogP) is 2.58. The van der Waals surface area contributed by atoms with Gasteiger partial charge in [-0.05, 0) is 61.5 Å². The molecule has 1 amide bonds. The first-order chi connectivity index (χ1) is 15.9. The van der Waals surface area contributed by atoms with E-state index in [-0.39, 0.29) is 5.91 Å². The topological polar surface area (TPSA) is 153 Å². The highest BCUT2D eigenvalue weighted by atomic mass is 35.5. The fraction of sp³-hybridized carbons (Fsp3) is 0.381. The SMILES string of the molecule is CC1Cc2ccsc2C(C)N1CCNC(=O)c1ccc(NS(=O)(=O)CCl)cc1.O=C(O)C(=O)O. The normalized spacial score (nSPS) is 17.6. The van der Waals surface area contributed by atoms with Crippen molar-refractivity contribution in [2.45, 2.75) is 32.4 Å². The van der Waals surface area contributed by atoms with Gasteiger partial charge in [0.1, 0.15) is 5.21 Å². The Labute approximate surface area is 206 Å². The largest absolute Gasteiger partial charge is 0.473 e. The third-order valence-electron chi connectivity index (χ3n) is 5.14. The van der Waals surface area contributed by atoms with Gasteiger partial charge in [0.25, 0.3) is 5.91 Å². The molecule has 34 heavy (non-hydrogen) atoms. The van der Waals surface area contributed by atoms with E-state index in [1.807, 2.05) is 0 Å². The summed E-state index contributed by atoms with van der Waals surface area (Å²) in [7, 11) is -3.55. The van der Waals surface area contributed by atoms with Crippen molar-refractivity contribution in [2.24, 2.45) is 0 Å². The van der Waals surface area contributed by atoms with Crippen molar-refractivity contribution in [3.63, 3.8) is 0 Å². The number of carboxylic acid groups (broad SMARTS) is 2. The van der Waals surface area contributed by atoms with Crippen LogP contribution in [0.1, 0.15) is 40.7 Å². The number of carboxylic acids is 2. The van der Waals surface area contributed by atoms with Crippen LogP contribution in [0, 0.1) is 0 Å². The third kappa shape index (κ3) is 7.69. The molecule has 1 aromatic heterocycles. The molecule has 3 rings (SSSR count). The summed E-state index contributed by atoms with van der Waals surface area (Å²) in [5, 5.41) is 19.4. The maximum absolute atomic E-state index is 12.4. The van der Waals surface area contributed by atoms with Gasteiger partial charge in [-0.2, -0.15) is 0 Å². The lowest BCUT2D eigenvalue weighted by molar-refractivity contribution is -0.159. The van der Waals surface area contributed by atoms with Crippen molar-refractivity contribution in [1.82, 2.24) is 10.2 Å². The molecule has 1 aliphatic heterocycles. The summed E-state index contributed by atoms with van der Waals surface area (Å²) in [6.45, 7) is 5.76. The molecule has 4 N–H and O–H groups in total. The summed E-state index contributed by atoms with van der Waals surface area (Å²) in [4.78, 5) is 34.4. The fourth-order valence-corrected chi connectivity index (χ4v) is 5.29. The van der Waals surface area contributed by atoms with E-state index in [2.05, 4.69) is 40.2 Å². The molecule has 2 heterocycles. The third-order valence-corrected chi connectivity index (χ3v) is 7.97. The van der Waals surface area contributed by atoms with E-state index in [1.165, 1.54) is 10.4 Å². The van der Waals surface area contributed by atoms with E-state index in [0.29, 0.717) is 29.9 Å². The minimum Gasteiger partial charge on any atom is -0.473 e. The molecule has 0 aliphatic carbocycles. The number of alkyl halides is 1. The first-order valence-corrected chi connectivity index (χ1v) is 13.2. The number of thiophene rings is 1. The molecule has 1 aliphatic rings. The first-order valence-electron chi connectivity index (χ1n) is 10.2. The Kier molecular flexibility index (Phi) is 9.86. The number of anilines is 1. The van der Waals surface area contributed by atoms with Crippen LogP contribution in [-0.2, 0) is 26.0 Å². The molecule has 13 heteroatoms. The second kappa shape index (κ2) is 12.2. The minimum atomic E-state index is -3.55. The number of nitrogens with zero attached hydrogens (tertiary/aromatic N) is 1. The van der Waals surface area contributed by atoms with E-state index in [4.69, 9.17) is 31.4 Å². The summed E-state index contributed by atoms with van der Waals surface area (Å²) in [5.41, 5.74) is 2.30. The van der Waals surface area contributed by atoms with Crippen LogP contribution in [-0.4, -0.2) is 65.7 Å². The molecule has 1 aromatic carbocycles. The standard InChI is InChI=1S/C19H24ClN3O3S2.C2H2O4/c1-13-11-16-7-10-27-18(16)14(2)23(13)9-8-21-19(24)15-3-5-17(6-4-15)22-28(25,26)12-20;3-1(4)2(5)6/h3-7,10,13-14,22H,8-9,11-12H2,1-2H3,(H,21,24);(H,3,4)(H,5,6). The summed E-state index contributed by atoms with van der Waals surface area (Å²) in [6, 6.07) is 9.27. The molecular weight excluding hydrogens is 506 g/mol. The van der Waals surface area contributed by atoms with E-state index >= 15 is 0 Å². The van der Waals surface area contributed by atoms with Crippen molar-refractivity contribution in [1.29, 1.82) is 0 Å². The molecule has 2 unspecified atom stereocenters. The number of hydrogen-bond acceptors (Lipinski definition) is 7. The van der Waals surface area contributed by atoms with Crippen LogP contribution in [0.4, 0.5) is 5.69 Å². The van der Waals surface area contributed by atoms with Crippen LogP contribution in [0.2, 0.25) is 0 Å². The fourth-order valence-electron chi connectivity index (χ4n) is 3.56. The molecule has 0 fully saturated rings. The van der Waals surface area contributed by atoms with Crippen molar-refractivity contribution < 1.29 is 33.0 Å². The molecule has 186 valence electrons. The Balaban J connectivity index is 0.000000604. The Morgan fingerprint density at radius 1 is 1.12 bits per heavy atom. The van der Waals surface area contributed by atoms with Gasteiger partial charge in [0.2, 0.25) is 10.0 Å². The molecular formula is C21H26ClN3O7S2. The zero-order valence-corrected chi connectivity index (χ0v) is 20.9. The maximum atomic E-state index is 12.4. The quantitative estimate of drug-likeness (QED) is 0.314. The summed E-state index contributed by atoms with van der Waals surface area (Å²) in [5.74, 6) is -3.83. The second-order valence-corrected chi connectivity index (χ2v) is 10.8. The molecule has 0 saturated carbocycles. The zero-order chi connectivity index (χ0) is 25.5. The number of aliphatic carboxylic acids is 2. The number of benzene rings is 1. The smallest absolute Gasteiger partial charge is 0.414 e. The Morgan fingerprint density at radius 3 is 2.29 bits per heavy atom. The molecule has 10 nitrogen and oxygen atoms in total. The highest BCUT2D eigenvalue weighted by Gasteiger charge is 2.29. The lowest BCUT2D eigenvalue weighted by Crippen LogP contribution is -2.44. The van der Waals surface area contributed by atoms with Gasteiger partial charge in [0, 0.05) is 41.3 Å². The van der Waals surface area contributed by atoms with Gasteiger partial charge in [0.05, 0.1) is 0 Å². The average molecular weight is 532 g/mol. The van der Waals surface area contributed by atoms with Gasteiger partial charge in [-0.1, -0.05) is 0 Å². The van der Waals surface area contributed by atoms with Gasteiger partial charge in [-0.15, -0.1) is 22.9 Å². The molecule has 0 saturated heterocycles. The van der Waals surface area contributed by atoms with Gasteiger partial charge < -0.3 is 15.5 Å². The van der Waals surface area contributed by atoms with E-state index in [1.54, 1.807) is 35.6 Å². The number of amides is 1. The monoisotopic (exact) mass is 531 g/mol. The Bertz CT molecular complexity index is 1110. The second-order valence-electron chi connectivity index (χ2n) is 7.55. The van der Waals surface area contributed by atoms with E-state index < -0.39 is 27.2 Å².